The second-order valence-electron chi connectivity index (χ2n) is 5.91. The molecule has 1 aromatic rings. The third-order valence-electron chi connectivity index (χ3n) is 3.63. The Bertz CT molecular complexity index is 512. The molecule has 21 heavy (non-hydrogen) atoms. The second-order valence-corrected chi connectivity index (χ2v) is 5.91. The smallest absolute Gasteiger partial charge is 0.312 e. The number of hydrogen-bond donors (Lipinski definition) is 3. The molecule has 0 spiro atoms. The Balaban J connectivity index is 2.87. The van der Waals surface area contributed by atoms with Crippen molar-refractivity contribution >= 4 is 11.9 Å². The Hall–Kier alpha value is -2.04. The molecule has 0 unspecified atom stereocenters. The molecule has 0 aliphatic carbocycles. The Morgan fingerprint density at radius 1 is 1.29 bits per heavy atom. The average Bonchev–Trinajstić information content (AvgIpc) is 2.37. The number of carbonyl (C=O) groups is 2. The molecule has 116 valence electrons. The summed E-state index contributed by atoms with van der Waals surface area (Å²) in [4.78, 5) is 23.4. The van der Waals surface area contributed by atoms with Gasteiger partial charge in [-0.15, -0.1) is 0 Å². The van der Waals surface area contributed by atoms with Crippen LogP contribution in [-0.2, 0) is 4.79 Å². The summed E-state index contributed by atoms with van der Waals surface area (Å²) >= 11 is 0. The highest BCUT2D eigenvalue weighted by Crippen LogP contribution is 2.21. The maximum atomic E-state index is 12.2. The van der Waals surface area contributed by atoms with Crippen LogP contribution in [0.3, 0.4) is 0 Å². The van der Waals surface area contributed by atoms with Crippen molar-refractivity contribution in [1.29, 1.82) is 0 Å². The van der Waals surface area contributed by atoms with Gasteiger partial charge < -0.3 is 16.4 Å². The predicted octanol–water partition coefficient (Wildman–Crippen LogP) is 2.40. The molecule has 0 fully saturated rings. The van der Waals surface area contributed by atoms with Gasteiger partial charge in [-0.25, -0.2) is 4.79 Å². The standard InChI is InChI=1S/C16H25N3O2/c1-5-16(3,4)19-14(20)10-13(18-15(17)21)12-9-7-6-8-11(12)2/h6-9,13H,5,10H2,1-4H3,(H,19,20)(H3,17,18,21)/t13-/m0/s1. The lowest BCUT2D eigenvalue weighted by molar-refractivity contribution is -0.123. The zero-order chi connectivity index (χ0) is 16.0. The fraction of sp³-hybridized carbons (Fsp3) is 0.500. The third-order valence-corrected chi connectivity index (χ3v) is 3.63. The van der Waals surface area contributed by atoms with Crippen molar-refractivity contribution in [2.75, 3.05) is 0 Å². The molecule has 0 aromatic heterocycles. The molecule has 0 bridgehead atoms. The number of nitrogens with one attached hydrogen (secondary N) is 2. The lowest BCUT2D eigenvalue weighted by atomic mass is 9.97. The first-order valence-corrected chi connectivity index (χ1v) is 7.17. The number of aryl methyl sites for hydroxylation is 1. The molecule has 0 radical (unpaired) electrons. The lowest BCUT2D eigenvalue weighted by Crippen LogP contribution is -2.45. The van der Waals surface area contributed by atoms with E-state index in [4.69, 9.17) is 5.73 Å². The number of carbonyl (C=O) groups excluding carboxylic acids is 2. The molecule has 5 nitrogen and oxygen atoms in total. The highest BCUT2D eigenvalue weighted by atomic mass is 16.2. The van der Waals surface area contributed by atoms with Gasteiger partial charge in [0.2, 0.25) is 5.91 Å². The van der Waals surface area contributed by atoms with Crippen LogP contribution in [0.2, 0.25) is 0 Å². The summed E-state index contributed by atoms with van der Waals surface area (Å²) in [7, 11) is 0. The van der Waals surface area contributed by atoms with Gasteiger partial charge in [0.05, 0.1) is 12.5 Å². The van der Waals surface area contributed by atoms with E-state index in [1.807, 2.05) is 52.0 Å². The van der Waals surface area contributed by atoms with Crippen molar-refractivity contribution in [3.63, 3.8) is 0 Å². The van der Waals surface area contributed by atoms with Gasteiger partial charge >= 0.3 is 6.03 Å². The molecule has 0 heterocycles. The van der Waals surface area contributed by atoms with Crippen LogP contribution in [0, 0.1) is 6.92 Å². The Morgan fingerprint density at radius 3 is 2.43 bits per heavy atom. The zero-order valence-electron chi connectivity index (χ0n) is 13.2. The van der Waals surface area contributed by atoms with E-state index in [2.05, 4.69) is 10.6 Å². The third kappa shape index (κ3) is 5.45. The summed E-state index contributed by atoms with van der Waals surface area (Å²) in [6.45, 7) is 7.89. The van der Waals surface area contributed by atoms with E-state index in [1.165, 1.54) is 0 Å². The molecule has 3 amide bonds. The van der Waals surface area contributed by atoms with E-state index in [-0.39, 0.29) is 17.9 Å². The number of benzene rings is 1. The van der Waals surface area contributed by atoms with Crippen molar-refractivity contribution in [3.8, 4) is 0 Å². The number of hydrogen-bond acceptors (Lipinski definition) is 2. The Labute approximate surface area is 126 Å². The van der Waals surface area contributed by atoms with Crippen LogP contribution in [0.1, 0.15) is 50.8 Å². The molecule has 0 saturated heterocycles. The Kier molecular flexibility index (Phi) is 5.76. The molecular formula is C16H25N3O2. The Morgan fingerprint density at radius 2 is 1.90 bits per heavy atom. The van der Waals surface area contributed by atoms with E-state index < -0.39 is 12.1 Å². The second kappa shape index (κ2) is 7.11. The SMILES string of the molecule is CCC(C)(C)NC(=O)C[C@H](NC(N)=O)c1ccccc1C. The molecule has 4 N–H and O–H groups in total. The maximum Gasteiger partial charge on any atom is 0.312 e. The predicted molar refractivity (Wildman–Crippen MR) is 83.8 cm³/mol. The van der Waals surface area contributed by atoms with E-state index in [0.29, 0.717) is 0 Å². The first-order chi connectivity index (χ1) is 9.75. The van der Waals surface area contributed by atoms with Gasteiger partial charge in [0.25, 0.3) is 0 Å². The summed E-state index contributed by atoms with van der Waals surface area (Å²) in [5.74, 6) is -0.108. The molecule has 5 heteroatoms. The minimum Gasteiger partial charge on any atom is -0.352 e. The highest BCUT2D eigenvalue weighted by Gasteiger charge is 2.23. The highest BCUT2D eigenvalue weighted by molar-refractivity contribution is 5.79. The zero-order valence-corrected chi connectivity index (χ0v) is 13.2. The normalized spacial score (nSPS) is 12.6. The molecule has 0 saturated carbocycles. The topological polar surface area (TPSA) is 84.2 Å². The van der Waals surface area contributed by atoms with Crippen molar-refractivity contribution in [2.24, 2.45) is 5.73 Å². The van der Waals surface area contributed by atoms with Gasteiger partial charge in [-0.1, -0.05) is 31.2 Å². The van der Waals surface area contributed by atoms with Gasteiger partial charge in [-0.2, -0.15) is 0 Å². The van der Waals surface area contributed by atoms with Crippen molar-refractivity contribution in [2.45, 2.75) is 52.1 Å². The molecule has 0 aliphatic rings. The number of nitrogens with two attached hydrogens (primary N) is 1. The summed E-state index contributed by atoms with van der Waals surface area (Å²) in [6.07, 6.45) is 0.994. The summed E-state index contributed by atoms with van der Waals surface area (Å²) in [6, 6.07) is 6.58. The molecule has 1 aromatic carbocycles. The van der Waals surface area contributed by atoms with E-state index >= 15 is 0 Å². The largest absolute Gasteiger partial charge is 0.352 e. The molecule has 0 aliphatic heterocycles. The van der Waals surface area contributed by atoms with Gasteiger partial charge in [0.15, 0.2) is 0 Å². The van der Waals surface area contributed by atoms with Crippen molar-refractivity contribution < 1.29 is 9.59 Å². The number of primary amides is 1. The summed E-state index contributed by atoms with van der Waals surface area (Å²) in [5.41, 5.74) is 6.88. The summed E-state index contributed by atoms with van der Waals surface area (Å²) in [5, 5.41) is 5.62. The maximum absolute atomic E-state index is 12.2. The van der Waals surface area contributed by atoms with Crippen LogP contribution in [0.15, 0.2) is 24.3 Å². The average molecular weight is 291 g/mol. The number of rotatable bonds is 6. The van der Waals surface area contributed by atoms with Crippen molar-refractivity contribution in [1.82, 2.24) is 10.6 Å². The first-order valence-electron chi connectivity index (χ1n) is 7.17. The van der Waals surface area contributed by atoms with Crippen LogP contribution in [0.25, 0.3) is 0 Å². The van der Waals surface area contributed by atoms with Gasteiger partial charge in [0.1, 0.15) is 0 Å². The molecular weight excluding hydrogens is 266 g/mol. The summed E-state index contributed by atoms with van der Waals surface area (Å²) < 4.78 is 0. The quantitative estimate of drug-likeness (QED) is 0.752. The lowest BCUT2D eigenvalue weighted by Gasteiger charge is -2.26. The van der Waals surface area contributed by atoms with E-state index in [9.17, 15) is 9.59 Å². The van der Waals surface area contributed by atoms with Crippen LogP contribution in [0.4, 0.5) is 4.79 Å². The monoisotopic (exact) mass is 291 g/mol. The van der Waals surface area contributed by atoms with Gasteiger partial charge in [-0.3, -0.25) is 4.79 Å². The van der Waals surface area contributed by atoms with E-state index in [0.717, 1.165) is 17.5 Å². The van der Waals surface area contributed by atoms with E-state index in [1.54, 1.807) is 0 Å². The first kappa shape index (κ1) is 17.0. The fourth-order valence-electron chi connectivity index (χ4n) is 2.09. The van der Waals surface area contributed by atoms with Crippen LogP contribution >= 0.6 is 0 Å². The number of urea groups is 1. The minimum atomic E-state index is -0.634. The van der Waals surface area contributed by atoms with Crippen LogP contribution in [-0.4, -0.2) is 17.5 Å². The van der Waals surface area contributed by atoms with Gasteiger partial charge in [-0.05, 0) is 38.3 Å². The van der Waals surface area contributed by atoms with Crippen molar-refractivity contribution in [3.05, 3.63) is 35.4 Å². The molecule has 1 atom stereocenters. The fourth-order valence-corrected chi connectivity index (χ4v) is 2.09. The van der Waals surface area contributed by atoms with Gasteiger partial charge in [0, 0.05) is 5.54 Å². The van der Waals surface area contributed by atoms with Crippen LogP contribution in [0.5, 0.6) is 0 Å². The number of amides is 3. The molecule has 1 rings (SSSR count). The van der Waals surface area contributed by atoms with Crippen LogP contribution < -0.4 is 16.4 Å². The minimum absolute atomic E-state index is 0.108.